The van der Waals surface area contributed by atoms with Gasteiger partial charge in [0.2, 0.25) is 0 Å². The molecule has 1 aromatic rings. The van der Waals surface area contributed by atoms with Gasteiger partial charge in [0, 0.05) is 5.57 Å². The highest BCUT2D eigenvalue weighted by atomic mass is 19.3. The van der Waals surface area contributed by atoms with Crippen molar-refractivity contribution in [3.05, 3.63) is 47.0 Å². The number of halogens is 2. The molecule has 0 radical (unpaired) electrons. The molecule has 1 unspecified atom stereocenters. The van der Waals surface area contributed by atoms with Crippen LogP contribution in [0.2, 0.25) is 0 Å². The number of carbonyl (C=O) groups is 2. The standard InChI is InChI=1S/C38H58F2O6/c1-7-9-10-11-27-12-14-29(15-13-27)30-16-19-33(20-17-30)46-38(39,40)34-21-18-31(22-28(34)8-2)32(23-44-35(42)26(3)4)24-45-36(43)37(5,6)25-41/h18,21-22,27,29-30,32-33,41H,3,7-17,19-20,23-25H2,1-2,4-6H3. The number of hydrogen-bond acceptors (Lipinski definition) is 6. The smallest absolute Gasteiger partial charge is 0.383 e. The molecule has 3 rings (SSSR count). The van der Waals surface area contributed by atoms with Crippen LogP contribution in [0.1, 0.15) is 134 Å². The van der Waals surface area contributed by atoms with E-state index < -0.39 is 42.1 Å². The van der Waals surface area contributed by atoms with E-state index in [-0.39, 0.29) is 24.4 Å². The number of unbranched alkanes of at least 4 members (excludes halogenated alkanes) is 2. The number of aryl methyl sites for hydroxylation is 1. The van der Waals surface area contributed by atoms with E-state index in [1.54, 1.807) is 26.0 Å². The summed E-state index contributed by atoms with van der Waals surface area (Å²) in [5, 5.41) is 9.53. The van der Waals surface area contributed by atoms with Gasteiger partial charge in [0.1, 0.15) is 13.2 Å². The Hall–Kier alpha value is -2.32. The summed E-state index contributed by atoms with van der Waals surface area (Å²) in [5.41, 5.74) is -0.0363. The highest BCUT2D eigenvalue weighted by Crippen LogP contribution is 2.44. The molecule has 2 fully saturated rings. The highest BCUT2D eigenvalue weighted by Gasteiger charge is 2.40. The van der Waals surface area contributed by atoms with Gasteiger partial charge >= 0.3 is 18.0 Å². The lowest BCUT2D eigenvalue weighted by molar-refractivity contribution is -0.278. The third-order valence-corrected chi connectivity index (χ3v) is 10.2. The number of aliphatic hydroxyl groups excluding tert-OH is 1. The zero-order valence-corrected chi connectivity index (χ0v) is 28.9. The van der Waals surface area contributed by atoms with Crippen molar-refractivity contribution in [1.82, 2.24) is 0 Å². The first-order valence-corrected chi connectivity index (χ1v) is 17.6. The minimum Gasteiger partial charge on any atom is -0.464 e. The number of benzene rings is 1. The number of aliphatic hydroxyl groups is 1. The average molecular weight is 649 g/mol. The fourth-order valence-corrected chi connectivity index (χ4v) is 7.00. The normalized spacial score (nSPS) is 23.0. The lowest BCUT2D eigenvalue weighted by atomic mass is 9.70. The number of carbonyl (C=O) groups excluding carboxylic acids is 2. The molecule has 0 amide bonds. The van der Waals surface area contributed by atoms with Crippen molar-refractivity contribution in [1.29, 1.82) is 0 Å². The Labute approximate surface area is 275 Å². The summed E-state index contributed by atoms with van der Waals surface area (Å²) < 4.78 is 47.8. The van der Waals surface area contributed by atoms with Crippen LogP contribution in [0.5, 0.6) is 0 Å². The van der Waals surface area contributed by atoms with Gasteiger partial charge in [-0.15, -0.1) is 0 Å². The Kier molecular flexibility index (Phi) is 14.7. The fourth-order valence-electron chi connectivity index (χ4n) is 7.00. The molecule has 2 saturated carbocycles. The van der Waals surface area contributed by atoms with Gasteiger partial charge in [-0.25, -0.2) is 4.79 Å². The van der Waals surface area contributed by atoms with E-state index in [4.69, 9.17) is 14.2 Å². The van der Waals surface area contributed by atoms with Crippen LogP contribution in [-0.2, 0) is 36.3 Å². The largest absolute Gasteiger partial charge is 0.464 e. The second-order valence-electron chi connectivity index (χ2n) is 14.4. The minimum absolute atomic E-state index is 0.127. The fraction of sp³-hybridized carbons (Fsp3) is 0.737. The van der Waals surface area contributed by atoms with E-state index >= 15 is 8.78 Å². The number of hydrogen-bond donors (Lipinski definition) is 1. The summed E-state index contributed by atoms with van der Waals surface area (Å²) in [5.74, 6) is 0.406. The third-order valence-electron chi connectivity index (χ3n) is 10.2. The predicted molar refractivity (Wildman–Crippen MR) is 176 cm³/mol. The van der Waals surface area contributed by atoms with Crippen LogP contribution in [0.15, 0.2) is 30.4 Å². The molecule has 0 heterocycles. The molecular formula is C38H58F2O6. The van der Waals surface area contributed by atoms with Crippen molar-refractivity contribution in [2.75, 3.05) is 19.8 Å². The lowest BCUT2D eigenvalue weighted by Crippen LogP contribution is -2.33. The van der Waals surface area contributed by atoms with Crippen molar-refractivity contribution in [2.24, 2.45) is 23.2 Å². The van der Waals surface area contributed by atoms with E-state index in [0.717, 1.165) is 24.7 Å². The SMILES string of the molecule is C=C(C)C(=O)OCC(COC(=O)C(C)(C)CO)c1ccc(C(F)(F)OC2CCC(C3CCC(CCCCC)CC3)CC2)c(CC)c1. The summed E-state index contributed by atoms with van der Waals surface area (Å²) in [4.78, 5) is 24.6. The molecule has 6 nitrogen and oxygen atoms in total. The van der Waals surface area contributed by atoms with Crippen molar-refractivity contribution >= 4 is 11.9 Å². The first-order valence-electron chi connectivity index (χ1n) is 17.6. The molecule has 8 heteroatoms. The Morgan fingerprint density at radius 3 is 2.13 bits per heavy atom. The van der Waals surface area contributed by atoms with E-state index in [1.165, 1.54) is 64.4 Å². The van der Waals surface area contributed by atoms with Crippen LogP contribution in [-0.4, -0.2) is 43.0 Å². The van der Waals surface area contributed by atoms with Gasteiger partial charge in [-0.2, -0.15) is 8.78 Å². The number of ether oxygens (including phenoxy) is 3. The van der Waals surface area contributed by atoms with Crippen LogP contribution >= 0.6 is 0 Å². The topological polar surface area (TPSA) is 82.1 Å². The molecule has 2 aliphatic rings. The maximum absolute atomic E-state index is 15.7. The maximum atomic E-state index is 15.7. The van der Waals surface area contributed by atoms with Crippen LogP contribution in [0.3, 0.4) is 0 Å². The molecule has 0 spiro atoms. The third kappa shape index (κ3) is 10.9. The zero-order valence-electron chi connectivity index (χ0n) is 28.9. The second-order valence-corrected chi connectivity index (χ2v) is 14.4. The first-order chi connectivity index (χ1) is 21.8. The second kappa shape index (κ2) is 17.7. The number of alkyl halides is 2. The molecule has 260 valence electrons. The van der Waals surface area contributed by atoms with Crippen molar-refractivity contribution < 1.29 is 37.7 Å². The summed E-state index contributed by atoms with van der Waals surface area (Å²) in [6.45, 7) is 11.6. The molecule has 46 heavy (non-hydrogen) atoms. The summed E-state index contributed by atoms with van der Waals surface area (Å²) in [6.07, 6.45) is 10.1. The minimum atomic E-state index is -3.45. The Morgan fingerprint density at radius 2 is 1.57 bits per heavy atom. The van der Waals surface area contributed by atoms with Gasteiger partial charge in [-0.05, 0) is 101 Å². The number of rotatable bonds is 17. The lowest BCUT2D eigenvalue weighted by Gasteiger charge is -2.38. The molecule has 2 aliphatic carbocycles. The molecule has 0 bridgehead atoms. The van der Waals surface area contributed by atoms with Gasteiger partial charge in [0.05, 0.1) is 29.6 Å². The zero-order chi connectivity index (χ0) is 33.9. The van der Waals surface area contributed by atoms with Gasteiger partial charge in [-0.1, -0.05) is 71.1 Å². The van der Waals surface area contributed by atoms with Gasteiger partial charge < -0.3 is 19.3 Å². The van der Waals surface area contributed by atoms with Crippen molar-refractivity contribution in [3.8, 4) is 0 Å². The average Bonchev–Trinajstić information content (AvgIpc) is 3.04. The summed E-state index contributed by atoms with van der Waals surface area (Å²) in [7, 11) is 0. The van der Waals surface area contributed by atoms with Crippen LogP contribution in [0, 0.1) is 23.2 Å². The van der Waals surface area contributed by atoms with E-state index in [1.807, 2.05) is 6.92 Å². The van der Waals surface area contributed by atoms with Crippen molar-refractivity contribution in [2.45, 2.75) is 136 Å². The highest BCUT2D eigenvalue weighted by molar-refractivity contribution is 5.86. The molecule has 0 saturated heterocycles. The summed E-state index contributed by atoms with van der Waals surface area (Å²) in [6, 6.07) is 4.60. The predicted octanol–water partition coefficient (Wildman–Crippen LogP) is 9.03. The van der Waals surface area contributed by atoms with Crippen LogP contribution in [0.25, 0.3) is 0 Å². The number of esters is 2. The molecule has 1 atom stereocenters. The van der Waals surface area contributed by atoms with Crippen molar-refractivity contribution in [3.63, 3.8) is 0 Å². The quantitative estimate of drug-likeness (QED) is 0.103. The molecule has 0 aliphatic heterocycles. The van der Waals surface area contributed by atoms with E-state index in [0.29, 0.717) is 36.3 Å². The molecule has 1 aromatic carbocycles. The monoisotopic (exact) mass is 648 g/mol. The van der Waals surface area contributed by atoms with Gasteiger partial charge in [0.15, 0.2) is 0 Å². The Bertz CT molecular complexity index is 1130. The summed E-state index contributed by atoms with van der Waals surface area (Å²) >= 11 is 0. The molecule has 1 N–H and O–H groups in total. The Morgan fingerprint density at radius 1 is 0.957 bits per heavy atom. The van der Waals surface area contributed by atoms with E-state index in [9.17, 15) is 14.7 Å². The van der Waals surface area contributed by atoms with Crippen LogP contribution < -0.4 is 0 Å². The molecule has 0 aromatic heterocycles. The molecular weight excluding hydrogens is 590 g/mol. The van der Waals surface area contributed by atoms with E-state index in [2.05, 4.69) is 13.5 Å². The maximum Gasteiger partial charge on any atom is 0.383 e. The van der Waals surface area contributed by atoms with Gasteiger partial charge in [-0.3, -0.25) is 4.79 Å². The first kappa shape index (κ1) is 38.1. The van der Waals surface area contributed by atoms with Gasteiger partial charge in [0.25, 0.3) is 0 Å². The Balaban J connectivity index is 1.63. The van der Waals surface area contributed by atoms with Crippen LogP contribution in [0.4, 0.5) is 8.78 Å².